The molecule has 2 aromatic carbocycles. The average molecular weight is 525 g/mol. The van der Waals surface area contributed by atoms with E-state index < -0.39 is 38.6 Å². The molecule has 0 radical (unpaired) electrons. The fourth-order valence-electron chi connectivity index (χ4n) is 3.41. The van der Waals surface area contributed by atoms with Gasteiger partial charge >= 0.3 is 6.18 Å². The molecule has 0 aliphatic heterocycles. The van der Waals surface area contributed by atoms with E-state index in [0.29, 0.717) is 5.56 Å². The molecule has 2 N–H and O–H groups in total. The number of aromatic nitrogens is 1. The van der Waals surface area contributed by atoms with Crippen LogP contribution in [0.25, 0.3) is 5.69 Å². The Morgan fingerprint density at radius 2 is 1.78 bits per heavy atom. The largest absolute Gasteiger partial charge is 0.489 e. The third kappa shape index (κ3) is 6.13. The van der Waals surface area contributed by atoms with E-state index in [1.807, 2.05) is 0 Å². The SMILES string of the molecule is Cc1c(OCCO)cc(C(=O)NCc2ccc(S(C)(=O)=O)cc2)c(=O)n1-c1cccc(C(F)(F)F)c1. The fourth-order valence-corrected chi connectivity index (χ4v) is 4.04. The van der Waals surface area contributed by atoms with E-state index in [9.17, 15) is 31.2 Å². The molecule has 0 aliphatic rings. The zero-order valence-electron chi connectivity index (χ0n) is 19.3. The van der Waals surface area contributed by atoms with E-state index >= 15 is 0 Å². The fraction of sp³-hybridized carbons (Fsp3) is 0.250. The van der Waals surface area contributed by atoms with Crippen molar-refractivity contribution in [2.24, 2.45) is 0 Å². The molecule has 3 rings (SSSR count). The van der Waals surface area contributed by atoms with Crippen LogP contribution in [0.2, 0.25) is 0 Å². The molecule has 0 saturated heterocycles. The van der Waals surface area contributed by atoms with Gasteiger partial charge in [-0.2, -0.15) is 13.2 Å². The Hall–Kier alpha value is -3.64. The zero-order valence-corrected chi connectivity index (χ0v) is 20.1. The molecule has 192 valence electrons. The summed E-state index contributed by atoms with van der Waals surface area (Å²) in [6.07, 6.45) is -3.58. The second-order valence-electron chi connectivity index (χ2n) is 7.87. The van der Waals surface area contributed by atoms with Gasteiger partial charge in [0.1, 0.15) is 17.9 Å². The first kappa shape index (κ1) is 27.0. The number of amides is 1. The summed E-state index contributed by atoms with van der Waals surface area (Å²) in [6, 6.07) is 11.0. The quantitative estimate of drug-likeness (QED) is 0.469. The molecule has 0 saturated carbocycles. The Morgan fingerprint density at radius 1 is 1.11 bits per heavy atom. The van der Waals surface area contributed by atoms with Crippen LogP contribution >= 0.6 is 0 Å². The van der Waals surface area contributed by atoms with Crippen molar-refractivity contribution in [1.82, 2.24) is 9.88 Å². The number of aliphatic hydroxyl groups excluding tert-OH is 1. The maximum Gasteiger partial charge on any atom is 0.416 e. The lowest BCUT2D eigenvalue weighted by Gasteiger charge is -2.18. The smallest absolute Gasteiger partial charge is 0.416 e. The third-order valence-corrected chi connectivity index (χ3v) is 6.36. The minimum Gasteiger partial charge on any atom is -0.489 e. The zero-order chi connectivity index (χ0) is 26.7. The van der Waals surface area contributed by atoms with Gasteiger partial charge in [-0.25, -0.2) is 8.42 Å². The van der Waals surface area contributed by atoms with Crippen LogP contribution in [0.4, 0.5) is 13.2 Å². The number of hydrogen-bond acceptors (Lipinski definition) is 6. The molecule has 1 aromatic heterocycles. The third-order valence-electron chi connectivity index (χ3n) is 5.23. The molecule has 0 atom stereocenters. The number of aliphatic hydroxyl groups is 1. The summed E-state index contributed by atoms with van der Waals surface area (Å²) in [7, 11) is -3.39. The molecule has 0 spiro atoms. The predicted octanol–water partition coefficient (Wildman–Crippen LogP) is 2.87. The van der Waals surface area contributed by atoms with Crippen molar-refractivity contribution in [3.63, 3.8) is 0 Å². The van der Waals surface area contributed by atoms with E-state index in [2.05, 4.69) is 5.32 Å². The van der Waals surface area contributed by atoms with E-state index in [0.717, 1.165) is 29.0 Å². The molecule has 36 heavy (non-hydrogen) atoms. The van der Waals surface area contributed by atoms with Crippen LogP contribution in [0, 0.1) is 6.92 Å². The van der Waals surface area contributed by atoms with Crippen molar-refractivity contribution in [3.05, 3.63) is 87.3 Å². The number of pyridine rings is 1. The molecule has 1 heterocycles. The van der Waals surface area contributed by atoms with Gasteiger partial charge in [0.15, 0.2) is 9.84 Å². The van der Waals surface area contributed by atoms with Gasteiger partial charge in [0.25, 0.3) is 11.5 Å². The van der Waals surface area contributed by atoms with Crippen LogP contribution in [0.15, 0.2) is 64.3 Å². The van der Waals surface area contributed by atoms with Gasteiger partial charge in [-0.15, -0.1) is 0 Å². The highest BCUT2D eigenvalue weighted by Gasteiger charge is 2.31. The summed E-state index contributed by atoms with van der Waals surface area (Å²) in [5.74, 6) is -0.787. The van der Waals surface area contributed by atoms with Gasteiger partial charge in [-0.3, -0.25) is 14.2 Å². The Morgan fingerprint density at radius 3 is 2.36 bits per heavy atom. The van der Waals surface area contributed by atoms with Crippen LogP contribution in [-0.4, -0.2) is 43.5 Å². The number of carbonyl (C=O) groups excluding carboxylic acids is 1. The van der Waals surface area contributed by atoms with Crippen molar-refractivity contribution in [3.8, 4) is 11.4 Å². The number of alkyl halides is 3. The van der Waals surface area contributed by atoms with Gasteiger partial charge in [0.2, 0.25) is 0 Å². The number of nitrogens with zero attached hydrogens (tertiary/aromatic N) is 1. The van der Waals surface area contributed by atoms with E-state index in [1.54, 1.807) is 0 Å². The molecule has 8 nitrogen and oxygen atoms in total. The molecule has 0 aliphatic carbocycles. The highest BCUT2D eigenvalue weighted by molar-refractivity contribution is 7.90. The van der Waals surface area contributed by atoms with Crippen molar-refractivity contribution in [1.29, 1.82) is 0 Å². The Labute approximate surface area is 204 Å². The minimum atomic E-state index is -4.65. The summed E-state index contributed by atoms with van der Waals surface area (Å²) in [5.41, 5.74) is -1.66. The second kappa shape index (κ2) is 10.5. The number of hydrogen-bond donors (Lipinski definition) is 2. The van der Waals surface area contributed by atoms with Crippen molar-refractivity contribution in [2.45, 2.75) is 24.5 Å². The van der Waals surface area contributed by atoms with Crippen LogP contribution in [0.1, 0.15) is 27.2 Å². The first-order valence-electron chi connectivity index (χ1n) is 10.6. The van der Waals surface area contributed by atoms with E-state index in [-0.39, 0.29) is 41.8 Å². The molecular weight excluding hydrogens is 501 g/mol. The monoisotopic (exact) mass is 524 g/mol. The predicted molar refractivity (Wildman–Crippen MR) is 125 cm³/mol. The standard InChI is InChI=1S/C24H23F3N2O6S/c1-15-21(35-11-10-30)13-20(22(31)28-14-16-6-8-19(9-7-16)36(2,33)34)23(32)29(15)18-5-3-4-17(12-18)24(25,26)27/h3-9,12-13,30H,10-11,14H2,1-2H3,(H,28,31). The van der Waals surface area contributed by atoms with Gasteiger partial charge < -0.3 is 15.2 Å². The highest BCUT2D eigenvalue weighted by Crippen LogP contribution is 2.31. The lowest BCUT2D eigenvalue weighted by molar-refractivity contribution is -0.137. The van der Waals surface area contributed by atoms with Crippen molar-refractivity contribution >= 4 is 15.7 Å². The van der Waals surface area contributed by atoms with Gasteiger partial charge in [-0.1, -0.05) is 18.2 Å². The number of halogens is 3. The molecule has 0 unspecified atom stereocenters. The van der Waals surface area contributed by atoms with E-state index in [4.69, 9.17) is 9.84 Å². The van der Waals surface area contributed by atoms with Crippen LogP contribution in [0.3, 0.4) is 0 Å². The number of ether oxygens (including phenoxy) is 1. The lowest BCUT2D eigenvalue weighted by atomic mass is 10.1. The number of sulfone groups is 1. The minimum absolute atomic E-state index is 0.0312. The van der Waals surface area contributed by atoms with Gasteiger partial charge in [-0.05, 0) is 42.8 Å². The summed E-state index contributed by atoms with van der Waals surface area (Å²) in [4.78, 5) is 26.2. The molecule has 12 heteroatoms. The maximum atomic E-state index is 13.3. The van der Waals surface area contributed by atoms with E-state index in [1.165, 1.54) is 43.3 Å². The Bertz CT molecular complexity index is 1430. The maximum absolute atomic E-state index is 13.3. The Balaban J connectivity index is 2.00. The summed E-state index contributed by atoms with van der Waals surface area (Å²) >= 11 is 0. The van der Waals surface area contributed by atoms with Gasteiger partial charge in [0.05, 0.1) is 22.8 Å². The van der Waals surface area contributed by atoms with Crippen LogP contribution < -0.4 is 15.6 Å². The normalized spacial score (nSPS) is 11.8. The number of rotatable bonds is 8. The first-order chi connectivity index (χ1) is 16.8. The molecule has 1 amide bonds. The van der Waals surface area contributed by atoms with Crippen molar-refractivity contribution < 1.29 is 36.2 Å². The molecule has 0 bridgehead atoms. The topological polar surface area (TPSA) is 115 Å². The number of benzene rings is 2. The number of nitrogens with one attached hydrogen (secondary N) is 1. The number of carbonyl (C=O) groups is 1. The second-order valence-corrected chi connectivity index (χ2v) is 9.88. The van der Waals surface area contributed by atoms with Crippen LogP contribution in [-0.2, 0) is 22.6 Å². The summed E-state index contributed by atoms with van der Waals surface area (Å²) < 4.78 is 69.3. The van der Waals surface area contributed by atoms with Crippen molar-refractivity contribution in [2.75, 3.05) is 19.5 Å². The average Bonchev–Trinajstić information content (AvgIpc) is 2.81. The molecular formula is C24H23F3N2O6S. The highest BCUT2D eigenvalue weighted by atomic mass is 32.2. The van der Waals surface area contributed by atoms with Gasteiger partial charge in [0, 0.05) is 24.6 Å². The molecule has 3 aromatic rings. The van der Waals surface area contributed by atoms with Crippen LogP contribution in [0.5, 0.6) is 5.75 Å². The summed E-state index contributed by atoms with van der Waals surface area (Å²) in [6.45, 7) is 0.856. The first-order valence-corrected chi connectivity index (χ1v) is 12.5. The lowest BCUT2D eigenvalue weighted by Crippen LogP contribution is -2.33. The Kier molecular flexibility index (Phi) is 7.89. The summed E-state index contributed by atoms with van der Waals surface area (Å²) in [5, 5.41) is 11.7. The molecule has 0 fully saturated rings.